The predicted octanol–water partition coefficient (Wildman–Crippen LogP) is 4.20. The highest BCUT2D eigenvalue weighted by molar-refractivity contribution is 7.99. The maximum absolute atomic E-state index is 6.00. The van der Waals surface area contributed by atoms with E-state index in [1.54, 1.807) is 0 Å². The van der Waals surface area contributed by atoms with Crippen molar-refractivity contribution < 1.29 is 0 Å². The molecule has 0 aliphatic heterocycles. The number of thioether (sulfide) groups is 1. The number of nitrogens with two attached hydrogens (primary N) is 1. The molecule has 0 spiro atoms. The predicted molar refractivity (Wildman–Crippen MR) is 94.0 cm³/mol. The first-order valence-corrected chi connectivity index (χ1v) is 8.35. The molecule has 0 radical (unpaired) electrons. The lowest BCUT2D eigenvalue weighted by atomic mass is 10.1. The van der Waals surface area contributed by atoms with Crippen molar-refractivity contribution in [2.24, 2.45) is 5.73 Å². The van der Waals surface area contributed by atoms with Crippen LogP contribution in [0.1, 0.15) is 23.6 Å². The fourth-order valence-electron chi connectivity index (χ4n) is 2.58. The molecule has 0 atom stereocenters. The zero-order chi connectivity index (χ0) is 15.2. The summed E-state index contributed by atoms with van der Waals surface area (Å²) in [6, 6.07) is 15.1. The summed E-state index contributed by atoms with van der Waals surface area (Å²) in [6.07, 6.45) is 0. The Labute approximate surface area is 132 Å². The molecule has 2 aromatic carbocycles. The lowest BCUT2D eigenvalue weighted by Gasteiger charge is -2.24. The molecule has 0 fully saturated rings. The standard InChI is InChI=1S/C18H24N2S/c1-4-21-18-10-6-9-17(16(18)12-19)20(3)13-15-8-5-7-14(2)11-15/h5-11H,4,12-13,19H2,1-3H3. The summed E-state index contributed by atoms with van der Waals surface area (Å²) < 4.78 is 0. The maximum atomic E-state index is 6.00. The molecule has 2 rings (SSSR count). The van der Waals surface area contributed by atoms with Gasteiger partial charge >= 0.3 is 0 Å². The van der Waals surface area contributed by atoms with Crippen LogP contribution in [-0.4, -0.2) is 12.8 Å². The van der Waals surface area contributed by atoms with Gasteiger partial charge in [0.25, 0.3) is 0 Å². The quantitative estimate of drug-likeness (QED) is 0.811. The molecule has 2 aromatic rings. The lowest BCUT2D eigenvalue weighted by Crippen LogP contribution is -2.19. The topological polar surface area (TPSA) is 29.3 Å². The normalized spacial score (nSPS) is 10.7. The van der Waals surface area contributed by atoms with E-state index in [0.717, 1.165) is 12.3 Å². The molecule has 0 unspecified atom stereocenters. The van der Waals surface area contributed by atoms with Crippen molar-refractivity contribution in [1.29, 1.82) is 0 Å². The molecule has 0 saturated carbocycles. The van der Waals surface area contributed by atoms with E-state index in [1.807, 2.05) is 11.8 Å². The Hall–Kier alpha value is -1.45. The van der Waals surface area contributed by atoms with Crippen LogP contribution in [-0.2, 0) is 13.1 Å². The van der Waals surface area contributed by atoms with Gasteiger partial charge in [-0.2, -0.15) is 0 Å². The van der Waals surface area contributed by atoms with Gasteiger partial charge in [-0.3, -0.25) is 0 Å². The Morgan fingerprint density at radius 1 is 1.14 bits per heavy atom. The van der Waals surface area contributed by atoms with Crippen molar-refractivity contribution in [2.45, 2.75) is 31.8 Å². The van der Waals surface area contributed by atoms with Gasteiger partial charge in [-0.05, 0) is 30.4 Å². The Balaban J connectivity index is 2.26. The van der Waals surface area contributed by atoms with Crippen LogP contribution < -0.4 is 10.6 Å². The van der Waals surface area contributed by atoms with Crippen LogP contribution in [0.4, 0.5) is 5.69 Å². The summed E-state index contributed by atoms with van der Waals surface area (Å²) in [5.74, 6) is 1.07. The van der Waals surface area contributed by atoms with Crippen LogP contribution in [0.2, 0.25) is 0 Å². The second kappa shape index (κ2) is 7.53. The third-order valence-corrected chi connectivity index (χ3v) is 4.51. The fraction of sp³-hybridized carbons (Fsp3) is 0.333. The van der Waals surface area contributed by atoms with Crippen LogP contribution in [0.15, 0.2) is 47.4 Å². The number of aryl methyl sites for hydroxylation is 1. The highest BCUT2D eigenvalue weighted by Crippen LogP contribution is 2.30. The molecule has 0 aliphatic rings. The molecule has 112 valence electrons. The first-order chi connectivity index (χ1) is 10.2. The average molecular weight is 300 g/mol. The van der Waals surface area contributed by atoms with Crippen molar-refractivity contribution in [3.05, 3.63) is 59.2 Å². The fourth-order valence-corrected chi connectivity index (χ4v) is 3.43. The van der Waals surface area contributed by atoms with Crippen LogP contribution in [0.5, 0.6) is 0 Å². The molecule has 0 aromatic heterocycles. The van der Waals surface area contributed by atoms with Gasteiger partial charge in [-0.15, -0.1) is 11.8 Å². The van der Waals surface area contributed by atoms with Gasteiger partial charge < -0.3 is 10.6 Å². The largest absolute Gasteiger partial charge is 0.370 e. The monoisotopic (exact) mass is 300 g/mol. The van der Waals surface area contributed by atoms with Crippen LogP contribution in [0.3, 0.4) is 0 Å². The van der Waals surface area contributed by atoms with Crippen molar-refractivity contribution in [1.82, 2.24) is 0 Å². The molecule has 3 heteroatoms. The van der Waals surface area contributed by atoms with E-state index in [9.17, 15) is 0 Å². The Bertz CT molecular complexity index is 596. The summed E-state index contributed by atoms with van der Waals surface area (Å²) in [6.45, 7) is 5.78. The van der Waals surface area contributed by atoms with Gasteiger partial charge in [0.15, 0.2) is 0 Å². The maximum Gasteiger partial charge on any atom is 0.0426 e. The zero-order valence-corrected chi connectivity index (χ0v) is 13.9. The van der Waals surface area contributed by atoms with E-state index in [1.165, 1.54) is 27.3 Å². The molecule has 0 amide bonds. The van der Waals surface area contributed by atoms with E-state index in [0.29, 0.717) is 6.54 Å². The summed E-state index contributed by atoms with van der Waals surface area (Å²) in [5.41, 5.74) is 11.1. The Kier molecular flexibility index (Phi) is 5.71. The van der Waals surface area contributed by atoms with Crippen molar-refractivity contribution >= 4 is 17.4 Å². The molecule has 21 heavy (non-hydrogen) atoms. The van der Waals surface area contributed by atoms with Gasteiger partial charge in [0.05, 0.1) is 0 Å². The number of hydrogen-bond acceptors (Lipinski definition) is 3. The Morgan fingerprint density at radius 3 is 2.57 bits per heavy atom. The van der Waals surface area contributed by atoms with Gasteiger partial charge in [-0.25, -0.2) is 0 Å². The molecule has 0 heterocycles. The minimum absolute atomic E-state index is 0.580. The highest BCUT2D eigenvalue weighted by Gasteiger charge is 2.11. The number of nitrogens with zero attached hydrogens (tertiary/aromatic N) is 1. The number of rotatable bonds is 6. The van der Waals surface area contributed by atoms with E-state index >= 15 is 0 Å². The minimum Gasteiger partial charge on any atom is -0.370 e. The molecule has 2 nitrogen and oxygen atoms in total. The lowest BCUT2D eigenvalue weighted by molar-refractivity contribution is 0.893. The van der Waals surface area contributed by atoms with E-state index < -0.39 is 0 Å². The average Bonchev–Trinajstić information content (AvgIpc) is 2.47. The van der Waals surface area contributed by atoms with Crippen molar-refractivity contribution in [3.63, 3.8) is 0 Å². The third-order valence-electron chi connectivity index (χ3n) is 3.53. The molecular formula is C18H24N2S. The SMILES string of the molecule is CCSc1cccc(N(C)Cc2cccc(C)c2)c1CN. The number of benzene rings is 2. The molecular weight excluding hydrogens is 276 g/mol. The van der Waals surface area contributed by atoms with Gasteiger partial charge in [0.1, 0.15) is 0 Å². The third kappa shape index (κ3) is 4.02. The summed E-state index contributed by atoms with van der Waals surface area (Å²) in [7, 11) is 2.14. The summed E-state index contributed by atoms with van der Waals surface area (Å²) in [4.78, 5) is 3.59. The molecule has 0 bridgehead atoms. The minimum atomic E-state index is 0.580. The van der Waals surface area contributed by atoms with E-state index in [2.05, 4.69) is 68.3 Å². The first kappa shape index (κ1) is 15.9. The summed E-state index contributed by atoms with van der Waals surface area (Å²) >= 11 is 1.86. The molecule has 0 saturated heterocycles. The van der Waals surface area contributed by atoms with Crippen LogP contribution >= 0.6 is 11.8 Å². The smallest absolute Gasteiger partial charge is 0.0426 e. The summed E-state index contributed by atoms with van der Waals surface area (Å²) in [5, 5.41) is 0. The first-order valence-electron chi connectivity index (χ1n) is 7.37. The van der Waals surface area contributed by atoms with Crippen molar-refractivity contribution in [2.75, 3.05) is 17.7 Å². The van der Waals surface area contributed by atoms with Crippen LogP contribution in [0.25, 0.3) is 0 Å². The highest BCUT2D eigenvalue weighted by atomic mass is 32.2. The van der Waals surface area contributed by atoms with Gasteiger partial charge in [0, 0.05) is 36.3 Å². The number of anilines is 1. The zero-order valence-electron chi connectivity index (χ0n) is 13.1. The van der Waals surface area contributed by atoms with Crippen LogP contribution in [0, 0.1) is 6.92 Å². The van der Waals surface area contributed by atoms with E-state index in [-0.39, 0.29) is 0 Å². The number of hydrogen-bond donors (Lipinski definition) is 1. The Morgan fingerprint density at radius 2 is 1.90 bits per heavy atom. The molecule has 2 N–H and O–H groups in total. The van der Waals surface area contributed by atoms with Gasteiger partial charge in [-0.1, -0.05) is 42.8 Å². The second-order valence-corrected chi connectivity index (χ2v) is 6.54. The second-order valence-electron chi connectivity index (χ2n) is 5.24. The van der Waals surface area contributed by atoms with E-state index in [4.69, 9.17) is 5.73 Å². The van der Waals surface area contributed by atoms with Gasteiger partial charge in [0.2, 0.25) is 0 Å². The van der Waals surface area contributed by atoms with Crippen molar-refractivity contribution in [3.8, 4) is 0 Å². The molecule has 0 aliphatic carbocycles.